The second-order valence-electron chi connectivity index (χ2n) is 13.8. The van der Waals surface area contributed by atoms with Gasteiger partial charge in [0.1, 0.15) is 0 Å². The molecule has 0 fully saturated rings. The summed E-state index contributed by atoms with van der Waals surface area (Å²) >= 11 is 3.53. The number of rotatable bonds is 38. The first-order valence-electron chi connectivity index (χ1n) is 20.0. The minimum atomic E-state index is 1.19. The average molecular weight is 642 g/mol. The van der Waals surface area contributed by atoms with E-state index < -0.39 is 0 Å². The quantitative estimate of drug-likeness (QED) is 0.0465. The summed E-state index contributed by atoms with van der Waals surface area (Å²) in [6.45, 7) is 2.31. The van der Waals surface area contributed by atoms with Gasteiger partial charge in [-0.1, -0.05) is 260 Å². The first-order chi connectivity index (χ1) is 20.4. The van der Waals surface area contributed by atoms with Crippen LogP contribution in [0.4, 0.5) is 0 Å². The normalized spacial score (nSPS) is 11.6. The predicted octanol–water partition coefficient (Wildman–Crippen LogP) is 16.2. The standard InChI is InChI=1S/C40H81Br/c1-2-3-4-5-6-7-8-9-10-11-12-13-14-15-16-17-18-19-20-21-22-23-24-25-26-27-28-29-30-31-32-33-34-35-36-37-38-39-40-41/h2-40H2,1H3. The van der Waals surface area contributed by atoms with Gasteiger partial charge in [-0.2, -0.15) is 0 Å². The summed E-state index contributed by atoms with van der Waals surface area (Å²) in [6.07, 6.45) is 56.2. The molecule has 0 rings (SSSR count). The van der Waals surface area contributed by atoms with Crippen molar-refractivity contribution in [2.45, 2.75) is 251 Å². The second kappa shape index (κ2) is 40.5. The van der Waals surface area contributed by atoms with Crippen LogP contribution >= 0.6 is 15.9 Å². The average Bonchev–Trinajstić information content (AvgIpc) is 2.98. The van der Waals surface area contributed by atoms with Gasteiger partial charge in [0, 0.05) is 5.33 Å². The molecular formula is C40H81Br. The Morgan fingerprint density at radius 2 is 0.317 bits per heavy atom. The number of unbranched alkanes of at least 4 members (excludes halogenated alkanes) is 37. The fraction of sp³-hybridized carbons (Fsp3) is 1.00. The Balaban J connectivity index is 3.02. The predicted molar refractivity (Wildman–Crippen MR) is 195 cm³/mol. The lowest BCUT2D eigenvalue weighted by Crippen LogP contribution is -1.85. The molecule has 0 saturated heterocycles. The molecule has 0 spiro atoms. The molecular weight excluding hydrogens is 560 g/mol. The number of hydrogen-bond acceptors (Lipinski definition) is 0. The van der Waals surface area contributed by atoms with Crippen LogP contribution in [0.5, 0.6) is 0 Å². The van der Waals surface area contributed by atoms with E-state index >= 15 is 0 Å². The van der Waals surface area contributed by atoms with Gasteiger partial charge in [-0.25, -0.2) is 0 Å². The first kappa shape index (κ1) is 41.5. The van der Waals surface area contributed by atoms with Crippen LogP contribution in [-0.4, -0.2) is 5.33 Å². The zero-order valence-corrected chi connectivity index (χ0v) is 30.5. The summed E-state index contributed by atoms with van der Waals surface area (Å²) in [6, 6.07) is 0. The lowest BCUT2D eigenvalue weighted by molar-refractivity contribution is 0.510. The van der Waals surface area contributed by atoms with Crippen LogP contribution in [0.1, 0.15) is 251 Å². The first-order valence-corrected chi connectivity index (χ1v) is 21.1. The van der Waals surface area contributed by atoms with E-state index in [0.717, 1.165) is 0 Å². The van der Waals surface area contributed by atoms with Crippen molar-refractivity contribution in [3.05, 3.63) is 0 Å². The van der Waals surface area contributed by atoms with E-state index in [4.69, 9.17) is 0 Å². The van der Waals surface area contributed by atoms with E-state index in [1.807, 2.05) is 0 Å². The molecule has 0 aliphatic carbocycles. The van der Waals surface area contributed by atoms with Crippen molar-refractivity contribution in [3.63, 3.8) is 0 Å². The lowest BCUT2D eigenvalue weighted by Gasteiger charge is -2.05. The molecule has 0 radical (unpaired) electrons. The Morgan fingerprint density at radius 3 is 0.439 bits per heavy atom. The third-order valence-corrected chi connectivity index (χ3v) is 10.0. The monoisotopic (exact) mass is 641 g/mol. The van der Waals surface area contributed by atoms with E-state index in [9.17, 15) is 0 Å². The van der Waals surface area contributed by atoms with E-state index in [-0.39, 0.29) is 0 Å². The van der Waals surface area contributed by atoms with Crippen molar-refractivity contribution in [2.75, 3.05) is 5.33 Å². The Labute approximate surface area is 271 Å². The summed E-state index contributed by atoms with van der Waals surface area (Å²) in [5.74, 6) is 0. The third kappa shape index (κ3) is 40.5. The SMILES string of the molecule is CCCCCCCCCCCCCCCCCCCCCCCCCCCCCCCCCCCCCCCCBr. The molecule has 0 amide bonds. The van der Waals surface area contributed by atoms with Crippen LogP contribution in [0, 0.1) is 0 Å². The minimum absolute atomic E-state index is 1.19. The molecule has 1 heteroatoms. The molecule has 0 saturated carbocycles. The zero-order chi connectivity index (χ0) is 29.6. The Bertz CT molecular complexity index is 381. The molecule has 0 heterocycles. The lowest BCUT2D eigenvalue weighted by atomic mass is 10.0. The number of halogens is 1. The maximum atomic E-state index is 3.53. The van der Waals surface area contributed by atoms with Crippen molar-refractivity contribution >= 4 is 15.9 Å². The van der Waals surface area contributed by atoms with Crippen LogP contribution < -0.4 is 0 Å². The summed E-state index contributed by atoms with van der Waals surface area (Å²) < 4.78 is 0. The van der Waals surface area contributed by atoms with Crippen LogP contribution in [-0.2, 0) is 0 Å². The van der Waals surface area contributed by atoms with Crippen LogP contribution in [0.3, 0.4) is 0 Å². The van der Waals surface area contributed by atoms with Crippen molar-refractivity contribution < 1.29 is 0 Å². The molecule has 0 aliphatic rings. The fourth-order valence-corrected chi connectivity index (χ4v) is 6.93. The molecule has 0 nitrogen and oxygen atoms in total. The van der Waals surface area contributed by atoms with E-state index in [1.165, 1.54) is 249 Å². The molecule has 0 aromatic rings. The highest BCUT2D eigenvalue weighted by Gasteiger charge is 1.97. The Kier molecular flexibility index (Phi) is 41.0. The minimum Gasteiger partial charge on any atom is -0.0928 e. The van der Waals surface area contributed by atoms with Gasteiger partial charge in [0.15, 0.2) is 0 Å². The van der Waals surface area contributed by atoms with Crippen molar-refractivity contribution in [1.29, 1.82) is 0 Å². The molecule has 0 aromatic carbocycles. The van der Waals surface area contributed by atoms with E-state index in [0.29, 0.717) is 0 Å². The second-order valence-corrected chi connectivity index (χ2v) is 14.6. The van der Waals surface area contributed by atoms with Gasteiger partial charge in [-0.15, -0.1) is 0 Å². The van der Waals surface area contributed by atoms with E-state index in [2.05, 4.69) is 22.9 Å². The summed E-state index contributed by atoms with van der Waals surface area (Å²) in [5.41, 5.74) is 0. The van der Waals surface area contributed by atoms with Gasteiger partial charge in [-0.05, 0) is 6.42 Å². The molecule has 0 bridgehead atoms. The number of hydrogen-bond donors (Lipinski definition) is 0. The third-order valence-electron chi connectivity index (χ3n) is 9.49. The van der Waals surface area contributed by atoms with Gasteiger partial charge < -0.3 is 0 Å². The maximum absolute atomic E-state index is 3.53. The molecule has 41 heavy (non-hydrogen) atoms. The molecule has 0 unspecified atom stereocenters. The maximum Gasteiger partial charge on any atom is 0.00313 e. The summed E-state index contributed by atoms with van der Waals surface area (Å²) in [7, 11) is 0. The van der Waals surface area contributed by atoms with Crippen LogP contribution in [0.2, 0.25) is 0 Å². The van der Waals surface area contributed by atoms with Crippen LogP contribution in [0.15, 0.2) is 0 Å². The molecule has 0 N–H and O–H groups in total. The summed E-state index contributed by atoms with van der Waals surface area (Å²) in [5, 5.41) is 1.19. The van der Waals surface area contributed by atoms with Gasteiger partial charge in [0.2, 0.25) is 0 Å². The largest absolute Gasteiger partial charge is 0.0928 e. The zero-order valence-electron chi connectivity index (χ0n) is 29.0. The molecule has 0 atom stereocenters. The smallest absolute Gasteiger partial charge is 0.00313 e. The van der Waals surface area contributed by atoms with Gasteiger partial charge in [0.05, 0.1) is 0 Å². The Hall–Kier alpha value is 0.480. The van der Waals surface area contributed by atoms with Crippen LogP contribution in [0.25, 0.3) is 0 Å². The highest BCUT2D eigenvalue weighted by atomic mass is 79.9. The molecule has 0 aromatic heterocycles. The summed E-state index contributed by atoms with van der Waals surface area (Å²) in [4.78, 5) is 0. The molecule has 248 valence electrons. The molecule has 0 aliphatic heterocycles. The van der Waals surface area contributed by atoms with Gasteiger partial charge in [-0.3, -0.25) is 0 Å². The highest BCUT2D eigenvalue weighted by Crippen LogP contribution is 2.17. The fourth-order valence-electron chi connectivity index (χ4n) is 6.53. The number of alkyl halides is 1. The van der Waals surface area contributed by atoms with Gasteiger partial charge >= 0.3 is 0 Å². The Morgan fingerprint density at radius 1 is 0.195 bits per heavy atom. The highest BCUT2D eigenvalue weighted by molar-refractivity contribution is 9.09. The van der Waals surface area contributed by atoms with Crippen molar-refractivity contribution in [2.24, 2.45) is 0 Å². The topological polar surface area (TPSA) is 0 Å². The van der Waals surface area contributed by atoms with Crippen molar-refractivity contribution in [1.82, 2.24) is 0 Å². The van der Waals surface area contributed by atoms with Crippen molar-refractivity contribution in [3.8, 4) is 0 Å². The van der Waals surface area contributed by atoms with E-state index in [1.54, 1.807) is 0 Å². The van der Waals surface area contributed by atoms with Gasteiger partial charge in [0.25, 0.3) is 0 Å².